The Labute approximate surface area is 164 Å². The third-order valence-electron chi connectivity index (χ3n) is 4.96. The van der Waals surface area contributed by atoms with Crippen molar-refractivity contribution in [3.05, 3.63) is 72.6 Å². The maximum Gasteiger partial charge on any atom is 0.157 e. The van der Waals surface area contributed by atoms with Gasteiger partial charge in [0.15, 0.2) is 5.78 Å². The van der Waals surface area contributed by atoms with E-state index in [0.29, 0.717) is 13.2 Å². The van der Waals surface area contributed by atoms with E-state index in [2.05, 4.69) is 18.2 Å². The lowest BCUT2D eigenvalue weighted by atomic mass is 9.91. The predicted octanol–water partition coefficient (Wildman–Crippen LogP) is 5.38. The van der Waals surface area contributed by atoms with Crippen molar-refractivity contribution in [1.82, 2.24) is 9.55 Å². The van der Waals surface area contributed by atoms with Crippen molar-refractivity contribution in [2.75, 3.05) is 0 Å². The third-order valence-corrected chi connectivity index (χ3v) is 4.96. The van der Waals surface area contributed by atoms with Crippen molar-refractivity contribution in [3.63, 3.8) is 0 Å². The molecule has 0 radical (unpaired) electrons. The number of para-hydroxylation sites is 2. The molecule has 0 saturated heterocycles. The van der Waals surface area contributed by atoms with E-state index in [1.165, 1.54) is 5.39 Å². The fourth-order valence-corrected chi connectivity index (χ4v) is 3.20. The maximum atomic E-state index is 12.7. The van der Waals surface area contributed by atoms with E-state index < -0.39 is 5.41 Å². The summed E-state index contributed by atoms with van der Waals surface area (Å²) in [5.41, 5.74) is 1.43. The highest BCUT2D eigenvalue weighted by molar-refractivity contribution is 5.86. The molecule has 0 amide bonds. The average molecular weight is 372 g/mol. The Morgan fingerprint density at radius 2 is 1.68 bits per heavy atom. The number of fused-ring (bicyclic) bond motifs is 2. The number of carbonyl (C=O) groups excluding carboxylic acids is 1. The Morgan fingerprint density at radius 1 is 0.964 bits per heavy atom. The van der Waals surface area contributed by atoms with E-state index in [-0.39, 0.29) is 5.78 Å². The van der Waals surface area contributed by atoms with Gasteiger partial charge in [-0.25, -0.2) is 4.98 Å². The standard InChI is InChI=1S/C24H24N2O2/c1-24(2,3)22(27)15-26-21-11-7-6-10-20(21)25-23(26)16-28-19-13-12-17-8-4-5-9-18(17)14-19/h4-14H,15-16H2,1-3H3. The number of benzene rings is 3. The lowest BCUT2D eigenvalue weighted by molar-refractivity contribution is -0.126. The van der Waals surface area contributed by atoms with E-state index >= 15 is 0 Å². The molecule has 4 nitrogen and oxygen atoms in total. The van der Waals surface area contributed by atoms with Crippen LogP contribution in [0.3, 0.4) is 0 Å². The highest BCUT2D eigenvalue weighted by atomic mass is 16.5. The molecule has 3 aromatic carbocycles. The number of Topliss-reactive ketones (excluding diaryl/α,β-unsaturated/α-hetero) is 1. The second kappa shape index (κ2) is 7.12. The van der Waals surface area contributed by atoms with E-state index in [9.17, 15) is 4.79 Å². The van der Waals surface area contributed by atoms with Gasteiger partial charge >= 0.3 is 0 Å². The molecular weight excluding hydrogens is 348 g/mol. The summed E-state index contributed by atoms with van der Waals surface area (Å²) in [6.07, 6.45) is 0. The second-order valence-electron chi connectivity index (χ2n) is 8.07. The van der Waals surface area contributed by atoms with Crippen LogP contribution in [0.25, 0.3) is 21.8 Å². The van der Waals surface area contributed by atoms with Gasteiger partial charge in [0.05, 0.1) is 17.6 Å². The number of aromatic nitrogens is 2. The van der Waals surface area contributed by atoms with Crippen molar-refractivity contribution >= 4 is 27.6 Å². The van der Waals surface area contributed by atoms with Crippen LogP contribution in [0.5, 0.6) is 5.75 Å². The van der Waals surface area contributed by atoms with Crippen LogP contribution in [-0.4, -0.2) is 15.3 Å². The Morgan fingerprint density at radius 3 is 2.46 bits per heavy atom. The summed E-state index contributed by atoms with van der Waals surface area (Å²) in [7, 11) is 0. The van der Waals surface area contributed by atoms with E-state index in [4.69, 9.17) is 9.72 Å². The summed E-state index contributed by atoms with van der Waals surface area (Å²) >= 11 is 0. The zero-order valence-corrected chi connectivity index (χ0v) is 16.5. The van der Waals surface area contributed by atoms with Gasteiger partial charge in [0.2, 0.25) is 0 Å². The first-order chi connectivity index (χ1) is 13.4. The Hall–Kier alpha value is -3.14. The molecule has 0 unspecified atom stereocenters. The predicted molar refractivity (Wildman–Crippen MR) is 112 cm³/mol. The van der Waals surface area contributed by atoms with Gasteiger partial charge in [-0.15, -0.1) is 0 Å². The lowest BCUT2D eigenvalue weighted by Crippen LogP contribution is -2.26. The Bertz CT molecular complexity index is 1150. The molecule has 0 bridgehead atoms. The minimum atomic E-state index is -0.401. The van der Waals surface area contributed by atoms with Crippen molar-refractivity contribution in [3.8, 4) is 5.75 Å². The van der Waals surface area contributed by atoms with Crippen LogP contribution in [0.1, 0.15) is 26.6 Å². The highest BCUT2D eigenvalue weighted by Crippen LogP contribution is 2.24. The normalized spacial score (nSPS) is 11.8. The first-order valence-electron chi connectivity index (χ1n) is 9.51. The number of ether oxygens (including phenoxy) is 1. The molecule has 0 aliphatic carbocycles. The summed E-state index contributed by atoms with van der Waals surface area (Å²) in [4.78, 5) is 17.4. The van der Waals surface area contributed by atoms with Crippen LogP contribution in [0, 0.1) is 5.41 Å². The molecule has 0 N–H and O–H groups in total. The monoisotopic (exact) mass is 372 g/mol. The maximum absolute atomic E-state index is 12.7. The Balaban J connectivity index is 1.63. The van der Waals surface area contributed by atoms with Gasteiger partial charge in [-0.2, -0.15) is 0 Å². The molecule has 0 aliphatic heterocycles. The highest BCUT2D eigenvalue weighted by Gasteiger charge is 2.23. The summed E-state index contributed by atoms with van der Waals surface area (Å²) in [6.45, 7) is 6.43. The smallest absolute Gasteiger partial charge is 0.157 e. The lowest BCUT2D eigenvalue weighted by Gasteiger charge is -2.18. The summed E-state index contributed by atoms with van der Waals surface area (Å²) < 4.78 is 8.02. The molecule has 0 fully saturated rings. The molecule has 0 saturated carbocycles. The number of rotatable bonds is 5. The summed E-state index contributed by atoms with van der Waals surface area (Å²) in [5, 5.41) is 2.31. The molecule has 0 atom stereocenters. The molecular formula is C24H24N2O2. The molecule has 4 rings (SSSR count). The van der Waals surface area contributed by atoms with Gasteiger partial charge in [-0.3, -0.25) is 4.79 Å². The zero-order chi connectivity index (χ0) is 19.7. The number of imidazole rings is 1. The SMILES string of the molecule is CC(C)(C)C(=O)Cn1c(COc2ccc3ccccc3c2)nc2ccccc21. The summed E-state index contributed by atoms with van der Waals surface area (Å²) in [5.74, 6) is 1.72. The van der Waals surface area contributed by atoms with E-state index in [1.807, 2.05) is 73.9 Å². The van der Waals surface area contributed by atoms with Crippen LogP contribution in [0.2, 0.25) is 0 Å². The van der Waals surface area contributed by atoms with Gasteiger partial charge in [0, 0.05) is 5.41 Å². The van der Waals surface area contributed by atoms with Crippen molar-refractivity contribution in [1.29, 1.82) is 0 Å². The minimum absolute atomic E-state index is 0.169. The van der Waals surface area contributed by atoms with Crippen LogP contribution in [-0.2, 0) is 17.9 Å². The minimum Gasteiger partial charge on any atom is -0.486 e. The molecule has 28 heavy (non-hydrogen) atoms. The fraction of sp³-hybridized carbons (Fsp3) is 0.250. The van der Waals surface area contributed by atoms with Crippen molar-refractivity contribution < 1.29 is 9.53 Å². The van der Waals surface area contributed by atoms with Gasteiger partial charge in [0.25, 0.3) is 0 Å². The largest absolute Gasteiger partial charge is 0.486 e. The zero-order valence-electron chi connectivity index (χ0n) is 16.5. The number of hydrogen-bond donors (Lipinski definition) is 0. The van der Waals surface area contributed by atoms with Crippen LogP contribution in [0.15, 0.2) is 66.7 Å². The molecule has 0 aliphatic rings. The molecule has 142 valence electrons. The summed E-state index contributed by atoms with van der Waals surface area (Å²) in [6, 6.07) is 22.1. The van der Waals surface area contributed by atoms with Crippen LogP contribution >= 0.6 is 0 Å². The van der Waals surface area contributed by atoms with Crippen LogP contribution in [0.4, 0.5) is 0 Å². The first kappa shape index (κ1) is 18.2. The topological polar surface area (TPSA) is 44.1 Å². The van der Waals surface area contributed by atoms with E-state index in [0.717, 1.165) is 28.0 Å². The molecule has 4 aromatic rings. The van der Waals surface area contributed by atoms with E-state index in [1.54, 1.807) is 0 Å². The molecule has 4 heteroatoms. The van der Waals surface area contributed by atoms with Crippen molar-refractivity contribution in [2.24, 2.45) is 5.41 Å². The third kappa shape index (κ3) is 3.63. The van der Waals surface area contributed by atoms with Gasteiger partial charge in [-0.1, -0.05) is 63.2 Å². The fourth-order valence-electron chi connectivity index (χ4n) is 3.20. The van der Waals surface area contributed by atoms with Crippen molar-refractivity contribution in [2.45, 2.75) is 33.9 Å². The number of nitrogens with zero attached hydrogens (tertiary/aromatic N) is 2. The molecule has 0 spiro atoms. The first-order valence-corrected chi connectivity index (χ1v) is 9.51. The number of ketones is 1. The van der Waals surface area contributed by atoms with Gasteiger partial charge < -0.3 is 9.30 Å². The van der Waals surface area contributed by atoms with Gasteiger partial charge in [-0.05, 0) is 35.0 Å². The number of hydrogen-bond acceptors (Lipinski definition) is 3. The molecule has 1 aromatic heterocycles. The number of carbonyl (C=O) groups is 1. The van der Waals surface area contributed by atoms with Gasteiger partial charge in [0.1, 0.15) is 18.2 Å². The van der Waals surface area contributed by atoms with Crippen LogP contribution < -0.4 is 4.74 Å². The average Bonchev–Trinajstić information content (AvgIpc) is 3.03. The quantitative estimate of drug-likeness (QED) is 0.472. The second-order valence-corrected chi connectivity index (χ2v) is 8.07. The molecule has 1 heterocycles. The Kier molecular flexibility index (Phi) is 4.63.